The normalized spacial score (nSPS) is 10.2. The Morgan fingerprint density at radius 1 is 1.36 bits per heavy atom. The van der Waals surface area contributed by atoms with Gasteiger partial charge in [0.05, 0.1) is 18.0 Å². The first kappa shape index (κ1) is 15.8. The summed E-state index contributed by atoms with van der Waals surface area (Å²) in [5, 5.41) is 3.98. The van der Waals surface area contributed by atoms with E-state index in [0.717, 1.165) is 11.8 Å². The number of rotatable bonds is 8. The summed E-state index contributed by atoms with van der Waals surface area (Å²) in [5.74, 6) is -0.119. The molecular formula is C16H19N3O3. The Hall–Kier alpha value is -2.63. The van der Waals surface area contributed by atoms with Crippen LogP contribution in [-0.4, -0.2) is 40.7 Å². The highest BCUT2D eigenvalue weighted by atomic mass is 16.7. The highest BCUT2D eigenvalue weighted by Gasteiger charge is 2.14. The Bertz CT molecular complexity index is 610. The molecule has 6 heteroatoms. The van der Waals surface area contributed by atoms with Crippen molar-refractivity contribution in [2.24, 2.45) is 0 Å². The van der Waals surface area contributed by atoms with Crippen molar-refractivity contribution in [1.82, 2.24) is 14.8 Å². The summed E-state index contributed by atoms with van der Waals surface area (Å²) >= 11 is 0. The second kappa shape index (κ2) is 7.97. The van der Waals surface area contributed by atoms with E-state index in [0.29, 0.717) is 31.6 Å². The monoisotopic (exact) mass is 301 g/mol. The lowest BCUT2D eigenvalue weighted by Gasteiger charge is -2.16. The molecule has 0 atom stereocenters. The Morgan fingerprint density at radius 3 is 2.86 bits per heavy atom. The largest absolute Gasteiger partial charge is 0.397 e. The molecule has 0 radical (unpaired) electrons. The van der Waals surface area contributed by atoms with Crippen molar-refractivity contribution in [3.63, 3.8) is 0 Å². The summed E-state index contributed by atoms with van der Waals surface area (Å²) in [5.41, 5.74) is 1.53. The number of aldehydes is 1. The number of aromatic nitrogens is 2. The van der Waals surface area contributed by atoms with E-state index in [9.17, 15) is 9.59 Å². The number of carbonyl (C=O) groups excluding carboxylic acids is 2. The van der Waals surface area contributed by atoms with Crippen LogP contribution in [0.25, 0.3) is 0 Å². The van der Waals surface area contributed by atoms with Gasteiger partial charge in [0.15, 0.2) is 0 Å². The van der Waals surface area contributed by atoms with Crippen LogP contribution in [0.15, 0.2) is 42.7 Å². The van der Waals surface area contributed by atoms with Crippen LogP contribution in [0.4, 0.5) is 0 Å². The molecule has 1 aromatic carbocycles. The van der Waals surface area contributed by atoms with Crippen molar-refractivity contribution < 1.29 is 14.4 Å². The molecule has 0 spiro atoms. The van der Waals surface area contributed by atoms with Gasteiger partial charge in [-0.05, 0) is 12.0 Å². The molecule has 0 aliphatic carbocycles. The van der Waals surface area contributed by atoms with Gasteiger partial charge in [0.1, 0.15) is 12.9 Å². The molecule has 116 valence electrons. The maximum absolute atomic E-state index is 12.3. The van der Waals surface area contributed by atoms with Crippen LogP contribution < -0.4 is 4.84 Å². The standard InChI is InChI=1S/C16H19N3O3/c1-18(12-14-7-3-2-4-8-14)16(21)15-11-17-19(13-15)22-10-6-5-9-20/h2-4,7-9,11,13H,5-6,10,12H2,1H3. The number of unbranched alkanes of at least 4 members (excludes halogenated alkanes) is 1. The fourth-order valence-electron chi connectivity index (χ4n) is 1.96. The minimum atomic E-state index is -0.119. The number of hydrogen-bond donors (Lipinski definition) is 0. The van der Waals surface area contributed by atoms with Crippen LogP contribution in [0.3, 0.4) is 0 Å². The lowest BCUT2D eigenvalue weighted by Crippen LogP contribution is -2.26. The third-order valence-corrected chi connectivity index (χ3v) is 3.11. The van der Waals surface area contributed by atoms with Crippen molar-refractivity contribution >= 4 is 12.2 Å². The molecule has 6 nitrogen and oxygen atoms in total. The van der Waals surface area contributed by atoms with Gasteiger partial charge >= 0.3 is 0 Å². The average Bonchev–Trinajstić information content (AvgIpc) is 3.00. The smallest absolute Gasteiger partial charge is 0.257 e. The Labute approximate surface area is 129 Å². The van der Waals surface area contributed by atoms with E-state index in [2.05, 4.69) is 5.10 Å². The van der Waals surface area contributed by atoms with Gasteiger partial charge in [-0.3, -0.25) is 4.79 Å². The molecule has 0 aliphatic heterocycles. The summed E-state index contributed by atoms with van der Waals surface area (Å²) in [4.78, 5) is 30.7. The molecule has 2 aromatic rings. The van der Waals surface area contributed by atoms with Crippen molar-refractivity contribution in [2.75, 3.05) is 13.7 Å². The van der Waals surface area contributed by atoms with Crippen LogP contribution in [-0.2, 0) is 11.3 Å². The number of amides is 1. The van der Waals surface area contributed by atoms with Gasteiger partial charge in [-0.2, -0.15) is 0 Å². The Balaban J connectivity index is 1.89. The molecule has 0 bridgehead atoms. The summed E-state index contributed by atoms with van der Waals surface area (Å²) in [7, 11) is 1.75. The first-order valence-electron chi connectivity index (χ1n) is 7.11. The third-order valence-electron chi connectivity index (χ3n) is 3.11. The third kappa shape index (κ3) is 4.44. The van der Waals surface area contributed by atoms with E-state index in [1.807, 2.05) is 30.3 Å². The molecule has 0 aliphatic rings. The maximum atomic E-state index is 12.3. The molecule has 0 saturated heterocycles. The molecule has 0 saturated carbocycles. The van der Waals surface area contributed by atoms with Crippen LogP contribution in [0, 0.1) is 0 Å². The van der Waals surface area contributed by atoms with Crippen LogP contribution >= 0.6 is 0 Å². The van der Waals surface area contributed by atoms with Crippen LogP contribution in [0.5, 0.6) is 0 Å². The minimum absolute atomic E-state index is 0.119. The molecule has 0 N–H and O–H groups in total. The lowest BCUT2D eigenvalue weighted by atomic mass is 10.2. The van der Waals surface area contributed by atoms with E-state index in [-0.39, 0.29) is 5.91 Å². The zero-order chi connectivity index (χ0) is 15.8. The zero-order valence-electron chi connectivity index (χ0n) is 12.5. The molecule has 22 heavy (non-hydrogen) atoms. The summed E-state index contributed by atoms with van der Waals surface area (Å²) in [6.45, 7) is 0.916. The Morgan fingerprint density at radius 2 is 2.14 bits per heavy atom. The Kier molecular flexibility index (Phi) is 5.71. The summed E-state index contributed by atoms with van der Waals surface area (Å²) < 4.78 is 0. The number of carbonyl (C=O) groups is 2. The predicted molar refractivity (Wildman–Crippen MR) is 81.2 cm³/mol. The summed E-state index contributed by atoms with van der Waals surface area (Å²) in [6.07, 6.45) is 4.95. The molecule has 0 fully saturated rings. The average molecular weight is 301 g/mol. The van der Waals surface area contributed by atoms with Gasteiger partial charge in [-0.1, -0.05) is 30.3 Å². The zero-order valence-corrected chi connectivity index (χ0v) is 12.5. The lowest BCUT2D eigenvalue weighted by molar-refractivity contribution is -0.108. The minimum Gasteiger partial charge on any atom is -0.397 e. The predicted octanol–water partition coefficient (Wildman–Crippen LogP) is 1.56. The van der Waals surface area contributed by atoms with Crippen molar-refractivity contribution in [1.29, 1.82) is 0 Å². The fraction of sp³-hybridized carbons (Fsp3) is 0.312. The van der Waals surface area contributed by atoms with Crippen LogP contribution in [0.1, 0.15) is 28.8 Å². The van der Waals surface area contributed by atoms with Crippen LogP contribution in [0.2, 0.25) is 0 Å². The number of hydrogen-bond acceptors (Lipinski definition) is 4. The number of nitrogens with zero attached hydrogens (tertiary/aromatic N) is 3. The van der Waals surface area contributed by atoms with Crippen molar-refractivity contribution in [3.05, 3.63) is 53.9 Å². The highest BCUT2D eigenvalue weighted by Crippen LogP contribution is 2.07. The number of benzene rings is 1. The van der Waals surface area contributed by atoms with Gasteiger partial charge in [0, 0.05) is 20.0 Å². The van der Waals surface area contributed by atoms with Gasteiger partial charge < -0.3 is 14.5 Å². The summed E-state index contributed by atoms with van der Waals surface area (Å²) in [6, 6.07) is 9.78. The van der Waals surface area contributed by atoms with E-state index >= 15 is 0 Å². The van der Waals surface area contributed by atoms with E-state index < -0.39 is 0 Å². The van der Waals surface area contributed by atoms with Gasteiger partial charge in [-0.15, -0.1) is 9.94 Å². The van der Waals surface area contributed by atoms with E-state index in [1.165, 1.54) is 11.0 Å². The highest BCUT2D eigenvalue weighted by molar-refractivity contribution is 5.93. The van der Waals surface area contributed by atoms with Gasteiger partial charge in [0.2, 0.25) is 0 Å². The second-order valence-corrected chi connectivity index (χ2v) is 4.92. The first-order valence-corrected chi connectivity index (χ1v) is 7.11. The fourth-order valence-corrected chi connectivity index (χ4v) is 1.96. The molecule has 2 rings (SSSR count). The molecular weight excluding hydrogens is 282 g/mol. The molecule has 1 heterocycles. The quantitative estimate of drug-likeness (QED) is 0.548. The first-order chi connectivity index (χ1) is 10.7. The topological polar surface area (TPSA) is 64.4 Å². The molecule has 0 unspecified atom stereocenters. The van der Waals surface area contributed by atoms with Crippen molar-refractivity contribution in [2.45, 2.75) is 19.4 Å². The van der Waals surface area contributed by atoms with Crippen molar-refractivity contribution in [3.8, 4) is 0 Å². The van der Waals surface area contributed by atoms with E-state index in [4.69, 9.17) is 4.84 Å². The SMILES string of the molecule is CN(Cc1ccccc1)C(=O)c1cnn(OCCCC=O)c1. The van der Waals surface area contributed by atoms with Gasteiger partial charge in [-0.25, -0.2) is 0 Å². The van der Waals surface area contributed by atoms with Gasteiger partial charge in [0.25, 0.3) is 5.91 Å². The maximum Gasteiger partial charge on any atom is 0.257 e. The molecule has 1 amide bonds. The molecule has 1 aromatic heterocycles. The second-order valence-electron chi connectivity index (χ2n) is 4.92. The van der Waals surface area contributed by atoms with E-state index in [1.54, 1.807) is 18.1 Å².